The van der Waals surface area contributed by atoms with Crippen molar-refractivity contribution in [2.24, 2.45) is 0 Å². The van der Waals surface area contributed by atoms with Crippen LogP contribution in [0, 0.1) is 0 Å². The average Bonchev–Trinajstić information content (AvgIpc) is 2.96. The number of H-pyrrole nitrogens is 1. The maximum absolute atomic E-state index is 6.18. The maximum atomic E-state index is 6.18. The van der Waals surface area contributed by atoms with Gasteiger partial charge in [-0.2, -0.15) is 5.10 Å². The molecular formula is C14H13ClN4. The first-order chi connectivity index (χ1) is 9.25. The van der Waals surface area contributed by atoms with Crippen molar-refractivity contribution in [1.82, 2.24) is 15.2 Å². The molecule has 0 radical (unpaired) electrons. The highest BCUT2D eigenvalue weighted by Crippen LogP contribution is 2.29. The Balaban J connectivity index is 2.00. The molecule has 3 aromatic rings. The number of aromatic nitrogens is 3. The van der Waals surface area contributed by atoms with Crippen LogP contribution in [0.25, 0.3) is 10.9 Å². The van der Waals surface area contributed by atoms with Gasteiger partial charge >= 0.3 is 0 Å². The second-order valence-electron chi connectivity index (χ2n) is 4.37. The summed E-state index contributed by atoms with van der Waals surface area (Å²) >= 11 is 6.18. The van der Waals surface area contributed by atoms with Crippen LogP contribution in [0.3, 0.4) is 0 Å². The van der Waals surface area contributed by atoms with Gasteiger partial charge in [-0.05, 0) is 37.3 Å². The summed E-state index contributed by atoms with van der Waals surface area (Å²) in [4.78, 5) is 4.40. The van der Waals surface area contributed by atoms with Crippen LogP contribution >= 0.6 is 11.6 Å². The van der Waals surface area contributed by atoms with Crippen molar-refractivity contribution in [3.63, 3.8) is 0 Å². The molecular weight excluding hydrogens is 260 g/mol. The molecule has 0 saturated heterocycles. The van der Waals surface area contributed by atoms with Gasteiger partial charge in [0.05, 0.1) is 28.0 Å². The molecule has 0 fully saturated rings. The van der Waals surface area contributed by atoms with Crippen molar-refractivity contribution in [2.45, 2.75) is 13.0 Å². The van der Waals surface area contributed by atoms with Crippen molar-refractivity contribution in [3.8, 4) is 0 Å². The lowest BCUT2D eigenvalue weighted by Crippen LogP contribution is -2.07. The monoisotopic (exact) mass is 272 g/mol. The van der Waals surface area contributed by atoms with Gasteiger partial charge in [0, 0.05) is 17.8 Å². The zero-order valence-electron chi connectivity index (χ0n) is 10.4. The third-order valence-electron chi connectivity index (χ3n) is 3.08. The summed E-state index contributed by atoms with van der Waals surface area (Å²) in [5.41, 5.74) is 2.86. The van der Waals surface area contributed by atoms with E-state index in [1.807, 2.05) is 30.3 Å². The minimum absolute atomic E-state index is 0.119. The number of rotatable bonds is 3. The lowest BCUT2D eigenvalue weighted by atomic mass is 10.1. The summed E-state index contributed by atoms with van der Waals surface area (Å²) < 4.78 is 0. The molecule has 3 rings (SSSR count). The molecule has 1 unspecified atom stereocenters. The quantitative estimate of drug-likeness (QED) is 0.763. The Morgan fingerprint density at radius 1 is 1.21 bits per heavy atom. The van der Waals surface area contributed by atoms with E-state index in [2.05, 4.69) is 27.4 Å². The molecule has 1 atom stereocenters. The van der Waals surface area contributed by atoms with Crippen molar-refractivity contribution in [3.05, 3.63) is 53.4 Å². The number of hydrogen-bond donors (Lipinski definition) is 2. The Labute approximate surface area is 115 Å². The van der Waals surface area contributed by atoms with Crippen LogP contribution in [-0.4, -0.2) is 15.2 Å². The summed E-state index contributed by atoms with van der Waals surface area (Å²) in [6.45, 7) is 2.07. The lowest BCUT2D eigenvalue weighted by molar-refractivity contribution is 0.826. The summed E-state index contributed by atoms with van der Waals surface area (Å²) in [6.07, 6.45) is 3.51. The normalized spacial score (nSPS) is 12.5. The van der Waals surface area contributed by atoms with E-state index in [4.69, 9.17) is 11.6 Å². The molecule has 5 heteroatoms. The predicted molar refractivity (Wildman–Crippen MR) is 77.4 cm³/mol. The van der Waals surface area contributed by atoms with Crippen molar-refractivity contribution < 1.29 is 0 Å². The molecule has 0 spiro atoms. The van der Waals surface area contributed by atoms with Crippen LogP contribution in [0.2, 0.25) is 5.02 Å². The summed E-state index contributed by atoms with van der Waals surface area (Å²) in [5, 5.41) is 12.0. The zero-order chi connectivity index (χ0) is 13.2. The Bertz CT molecular complexity index is 694. The van der Waals surface area contributed by atoms with Gasteiger partial charge in [0.2, 0.25) is 0 Å². The molecule has 2 N–H and O–H groups in total. The molecule has 19 heavy (non-hydrogen) atoms. The van der Waals surface area contributed by atoms with E-state index in [9.17, 15) is 0 Å². The van der Waals surface area contributed by atoms with Gasteiger partial charge in [-0.1, -0.05) is 11.6 Å². The number of hydrogen-bond acceptors (Lipinski definition) is 3. The zero-order valence-corrected chi connectivity index (χ0v) is 11.1. The topological polar surface area (TPSA) is 53.6 Å². The van der Waals surface area contributed by atoms with Gasteiger partial charge in [-0.3, -0.25) is 10.1 Å². The third-order valence-corrected chi connectivity index (χ3v) is 3.41. The first kappa shape index (κ1) is 12.0. The van der Waals surface area contributed by atoms with Gasteiger partial charge in [0.15, 0.2) is 0 Å². The molecule has 0 aliphatic carbocycles. The van der Waals surface area contributed by atoms with E-state index in [0.717, 1.165) is 22.3 Å². The molecule has 0 bridgehead atoms. The van der Waals surface area contributed by atoms with Crippen LogP contribution in [0.5, 0.6) is 0 Å². The number of fused-ring (bicyclic) bond motifs is 1. The summed E-state index contributed by atoms with van der Waals surface area (Å²) in [6, 6.07) is 9.75. The van der Waals surface area contributed by atoms with Crippen LogP contribution in [0.15, 0.2) is 42.7 Å². The molecule has 2 heterocycles. The third kappa shape index (κ3) is 2.27. The molecule has 2 aromatic heterocycles. The van der Waals surface area contributed by atoms with Gasteiger partial charge in [-0.25, -0.2) is 0 Å². The molecule has 1 aromatic carbocycles. The van der Waals surface area contributed by atoms with Gasteiger partial charge < -0.3 is 5.32 Å². The minimum Gasteiger partial charge on any atom is -0.375 e. The molecule has 4 nitrogen and oxygen atoms in total. The van der Waals surface area contributed by atoms with E-state index < -0.39 is 0 Å². The van der Waals surface area contributed by atoms with Crippen molar-refractivity contribution in [1.29, 1.82) is 0 Å². The number of aromatic amines is 1. The first-order valence-electron chi connectivity index (χ1n) is 6.05. The van der Waals surface area contributed by atoms with Crippen LogP contribution in [-0.2, 0) is 0 Å². The van der Waals surface area contributed by atoms with E-state index in [1.165, 1.54) is 0 Å². The largest absolute Gasteiger partial charge is 0.375 e. The first-order valence-corrected chi connectivity index (χ1v) is 6.42. The Morgan fingerprint density at radius 2 is 2.11 bits per heavy atom. The highest BCUT2D eigenvalue weighted by Gasteiger charge is 2.10. The fourth-order valence-corrected chi connectivity index (χ4v) is 2.29. The second-order valence-corrected chi connectivity index (χ2v) is 4.78. The van der Waals surface area contributed by atoms with E-state index in [1.54, 1.807) is 12.4 Å². The van der Waals surface area contributed by atoms with Gasteiger partial charge in [0.1, 0.15) is 0 Å². The molecule has 0 amide bonds. The SMILES string of the molecule is CC(Nc1ccc(Cl)c2cccnc12)c1ccn[nH]1. The average molecular weight is 273 g/mol. The molecule has 96 valence electrons. The van der Waals surface area contributed by atoms with Gasteiger partial charge in [0.25, 0.3) is 0 Å². The summed E-state index contributed by atoms with van der Waals surface area (Å²) in [5.74, 6) is 0. The van der Waals surface area contributed by atoms with E-state index >= 15 is 0 Å². The maximum Gasteiger partial charge on any atom is 0.0948 e. The predicted octanol–water partition coefficient (Wildman–Crippen LogP) is 3.78. The molecule has 0 saturated carbocycles. The van der Waals surface area contributed by atoms with E-state index in [0.29, 0.717) is 5.02 Å². The number of nitrogens with one attached hydrogen (secondary N) is 2. The fraction of sp³-hybridized carbons (Fsp3) is 0.143. The Morgan fingerprint density at radius 3 is 2.89 bits per heavy atom. The van der Waals surface area contributed by atoms with Crippen LogP contribution < -0.4 is 5.32 Å². The second kappa shape index (κ2) is 4.90. The van der Waals surface area contributed by atoms with Crippen molar-refractivity contribution >= 4 is 28.2 Å². The van der Waals surface area contributed by atoms with Crippen LogP contribution in [0.1, 0.15) is 18.7 Å². The highest BCUT2D eigenvalue weighted by atomic mass is 35.5. The number of halogens is 1. The number of benzene rings is 1. The smallest absolute Gasteiger partial charge is 0.0948 e. The van der Waals surface area contributed by atoms with Gasteiger partial charge in [-0.15, -0.1) is 0 Å². The fourth-order valence-electron chi connectivity index (χ4n) is 2.07. The Kier molecular flexibility index (Phi) is 3.09. The number of anilines is 1. The Hall–Kier alpha value is -2.07. The molecule has 0 aliphatic heterocycles. The lowest BCUT2D eigenvalue weighted by Gasteiger charge is -2.15. The highest BCUT2D eigenvalue weighted by molar-refractivity contribution is 6.35. The number of nitrogens with zero attached hydrogens (tertiary/aromatic N) is 2. The standard InChI is InChI=1S/C14H13ClN4/c1-9(12-6-8-17-19-12)18-13-5-4-11(15)10-3-2-7-16-14(10)13/h2-9,18H,1H3,(H,17,19). The minimum atomic E-state index is 0.119. The van der Waals surface area contributed by atoms with Crippen LogP contribution in [0.4, 0.5) is 5.69 Å². The number of pyridine rings is 1. The van der Waals surface area contributed by atoms with Crippen molar-refractivity contribution in [2.75, 3.05) is 5.32 Å². The summed E-state index contributed by atoms with van der Waals surface area (Å²) in [7, 11) is 0. The molecule has 0 aliphatic rings. The van der Waals surface area contributed by atoms with E-state index in [-0.39, 0.29) is 6.04 Å².